The Morgan fingerprint density at radius 3 is 2.32 bits per heavy atom. The van der Waals surface area contributed by atoms with Crippen molar-refractivity contribution in [3.05, 3.63) is 94.8 Å². The summed E-state index contributed by atoms with van der Waals surface area (Å²) in [6, 6.07) is 16.8. The molecule has 0 aliphatic heterocycles. The number of ether oxygens (including phenoxy) is 2. The van der Waals surface area contributed by atoms with E-state index in [1.54, 1.807) is 37.3 Å². The van der Waals surface area contributed by atoms with E-state index in [0.29, 0.717) is 5.56 Å². The number of amides is 1. The molecule has 12 heteroatoms. The molecule has 0 spiro atoms. The van der Waals surface area contributed by atoms with E-state index in [9.17, 15) is 13.2 Å². The van der Waals surface area contributed by atoms with Crippen molar-refractivity contribution in [3.63, 3.8) is 0 Å². The number of hydrogen-bond donors (Lipinski definition) is 4. The summed E-state index contributed by atoms with van der Waals surface area (Å²) in [6.07, 6.45) is -0.305. The van der Waals surface area contributed by atoms with Crippen molar-refractivity contribution < 1.29 is 27.1 Å². The standard InChI is InChI=1S/C26H29FN4O5S.ClH/c1-3-36-26(25(30)32,21-12-11-20(35-2)14-22(21)27)15-19-10-9-18(24(28)29)13-23(19)31-37(33,34)16-17-7-5-4-6-8-17;/h4-14,31H,3,15-16H2,1-2H3,(H3,28,29)(H2,30,32);1H. The maximum atomic E-state index is 15.2. The molecule has 0 saturated heterocycles. The highest BCUT2D eigenvalue weighted by molar-refractivity contribution is 7.91. The number of primary amides is 1. The number of methoxy groups -OCH3 is 1. The van der Waals surface area contributed by atoms with E-state index in [0.717, 1.165) is 6.07 Å². The summed E-state index contributed by atoms with van der Waals surface area (Å²) < 4.78 is 54.6. The lowest BCUT2D eigenvalue weighted by Gasteiger charge is -2.32. The van der Waals surface area contributed by atoms with Gasteiger partial charge >= 0.3 is 0 Å². The molecule has 3 aromatic carbocycles. The molecule has 1 atom stereocenters. The van der Waals surface area contributed by atoms with Crippen LogP contribution >= 0.6 is 12.4 Å². The molecule has 0 aromatic heterocycles. The SMILES string of the molecule is CCOC(Cc1ccc(C(=N)N)cc1NS(=O)(=O)Cc1ccccc1)(C(N)=O)c1ccc(OC)cc1F.Cl. The van der Waals surface area contributed by atoms with Crippen molar-refractivity contribution in [2.45, 2.75) is 24.7 Å². The predicted molar refractivity (Wildman–Crippen MR) is 147 cm³/mol. The van der Waals surface area contributed by atoms with Gasteiger partial charge in [0.25, 0.3) is 5.91 Å². The smallest absolute Gasteiger partial charge is 0.254 e. The van der Waals surface area contributed by atoms with Gasteiger partial charge in [0, 0.05) is 30.2 Å². The first-order valence-corrected chi connectivity index (χ1v) is 13.0. The van der Waals surface area contributed by atoms with E-state index in [-0.39, 0.29) is 65.2 Å². The van der Waals surface area contributed by atoms with Gasteiger partial charge in [-0.3, -0.25) is 14.9 Å². The topological polar surface area (TPSA) is 158 Å². The molecule has 204 valence electrons. The van der Waals surface area contributed by atoms with Gasteiger partial charge < -0.3 is 20.9 Å². The number of nitrogens with two attached hydrogens (primary N) is 2. The minimum absolute atomic E-state index is 0. The molecule has 9 nitrogen and oxygen atoms in total. The fourth-order valence-electron chi connectivity index (χ4n) is 3.97. The Bertz CT molecular complexity index is 1410. The van der Waals surface area contributed by atoms with Crippen molar-refractivity contribution in [1.29, 1.82) is 5.41 Å². The highest BCUT2D eigenvalue weighted by Gasteiger charge is 2.43. The number of carbonyl (C=O) groups is 1. The molecule has 3 rings (SSSR count). The van der Waals surface area contributed by atoms with Crippen LogP contribution in [0.4, 0.5) is 10.1 Å². The summed E-state index contributed by atoms with van der Waals surface area (Å²) in [5, 5.41) is 7.77. The van der Waals surface area contributed by atoms with Crippen molar-refractivity contribution in [2.75, 3.05) is 18.4 Å². The van der Waals surface area contributed by atoms with Crippen LogP contribution in [-0.2, 0) is 37.3 Å². The predicted octanol–water partition coefficient (Wildman–Crippen LogP) is 3.44. The minimum atomic E-state index is -3.93. The molecule has 3 aromatic rings. The maximum Gasteiger partial charge on any atom is 0.254 e. The summed E-state index contributed by atoms with van der Waals surface area (Å²) in [7, 11) is -2.55. The zero-order valence-corrected chi connectivity index (χ0v) is 22.5. The van der Waals surface area contributed by atoms with Gasteiger partial charge in [-0.15, -0.1) is 12.4 Å². The van der Waals surface area contributed by atoms with E-state index in [2.05, 4.69) is 4.72 Å². The van der Waals surface area contributed by atoms with E-state index in [4.69, 9.17) is 26.4 Å². The van der Waals surface area contributed by atoms with Gasteiger partial charge in [0.05, 0.1) is 18.6 Å². The van der Waals surface area contributed by atoms with Gasteiger partial charge in [0.1, 0.15) is 17.4 Å². The molecule has 0 radical (unpaired) electrons. The van der Waals surface area contributed by atoms with E-state index in [1.807, 2.05) is 0 Å². The van der Waals surface area contributed by atoms with Crippen LogP contribution in [0.2, 0.25) is 0 Å². The lowest BCUT2D eigenvalue weighted by Crippen LogP contribution is -2.46. The van der Waals surface area contributed by atoms with E-state index in [1.165, 1.54) is 37.4 Å². The summed E-state index contributed by atoms with van der Waals surface area (Å²) in [4.78, 5) is 12.8. The first-order chi connectivity index (χ1) is 17.5. The molecule has 38 heavy (non-hydrogen) atoms. The third kappa shape index (κ3) is 7.00. The van der Waals surface area contributed by atoms with Crippen LogP contribution in [0.5, 0.6) is 5.75 Å². The molecule has 0 saturated carbocycles. The lowest BCUT2D eigenvalue weighted by molar-refractivity contribution is -0.145. The molecule has 0 aliphatic rings. The molecule has 0 bridgehead atoms. The minimum Gasteiger partial charge on any atom is -0.497 e. The lowest BCUT2D eigenvalue weighted by atomic mass is 9.84. The number of halogens is 2. The number of anilines is 1. The van der Waals surface area contributed by atoms with Crippen LogP contribution in [0.25, 0.3) is 0 Å². The normalized spacial score (nSPS) is 12.6. The molecule has 1 amide bonds. The Morgan fingerprint density at radius 1 is 1.08 bits per heavy atom. The van der Waals surface area contributed by atoms with Gasteiger partial charge in [-0.2, -0.15) is 0 Å². The Kier molecular flexibility index (Phi) is 10.2. The van der Waals surface area contributed by atoms with Crippen molar-refractivity contribution in [2.24, 2.45) is 11.5 Å². The average molecular weight is 565 g/mol. The summed E-state index contributed by atoms with van der Waals surface area (Å²) in [6.45, 7) is 1.64. The summed E-state index contributed by atoms with van der Waals surface area (Å²) in [5.74, 6) is -2.12. The van der Waals surface area contributed by atoms with Crippen LogP contribution in [0.3, 0.4) is 0 Å². The second kappa shape index (κ2) is 12.7. The number of rotatable bonds is 12. The van der Waals surface area contributed by atoms with Gasteiger partial charge in [0.2, 0.25) is 10.0 Å². The Morgan fingerprint density at radius 2 is 1.76 bits per heavy atom. The molecule has 0 fully saturated rings. The van der Waals surface area contributed by atoms with Gasteiger partial charge in [0.15, 0.2) is 5.60 Å². The molecular weight excluding hydrogens is 535 g/mol. The van der Waals surface area contributed by atoms with Gasteiger partial charge in [-0.05, 0) is 36.2 Å². The number of nitrogen functional groups attached to an aromatic ring is 1. The summed E-state index contributed by atoms with van der Waals surface area (Å²) in [5.41, 5.74) is 10.5. The molecule has 0 aliphatic carbocycles. The quantitative estimate of drug-likeness (QED) is 0.195. The zero-order valence-electron chi connectivity index (χ0n) is 20.9. The van der Waals surface area contributed by atoms with Crippen LogP contribution in [-0.4, -0.2) is 33.9 Å². The highest BCUT2D eigenvalue weighted by atomic mass is 35.5. The molecule has 0 heterocycles. The number of sulfonamides is 1. The van der Waals surface area contributed by atoms with Crippen molar-refractivity contribution in [3.8, 4) is 5.75 Å². The van der Waals surface area contributed by atoms with Crippen LogP contribution in [0.15, 0.2) is 66.7 Å². The maximum absolute atomic E-state index is 15.2. The number of amidine groups is 1. The van der Waals surface area contributed by atoms with Gasteiger partial charge in [-0.25, -0.2) is 12.8 Å². The van der Waals surface area contributed by atoms with Crippen LogP contribution in [0, 0.1) is 11.2 Å². The highest BCUT2D eigenvalue weighted by Crippen LogP contribution is 2.36. The molecule has 1 unspecified atom stereocenters. The van der Waals surface area contributed by atoms with Crippen LogP contribution in [0.1, 0.15) is 29.2 Å². The number of benzene rings is 3. The first-order valence-electron chi connectivity index (χ1n) is 11.3. The van der Waals surface area contributed by atoms with Crippen LogP contribution < -0.4 is 20.9 Å². The van der Waals surface area contributed by atoms with Crippen molar-refractivity contribution in [1.82, 2.24) is 0 Å². The van der Waals surface area contributed by atoms with Gasteiger partial charge in [-0.1, -0.05) is 42.5 Å². The molecule has 6 N–H and O–H groups in total. The Balaban J connectivity index is 0.00000507. The number of carbonyl (C=O) groups excluding carboxylic acids is 1. The Labute approximate surface area is 227 Å². The fraction of sp³-hybridized carbons (Fsp3) is 0.231. The molecular formula is C26H30ClFN4O5S. The van der Waals surface area contributed by atoms with Crippen molar-refractivity contribution >= 4 is 39.9 Å². The third-order valence-electron chi connectivity index (χ3n) is 5.73. The summed E-state index contributed by atoms with van der Waals surface area (Å²) >= 11 is 0. The number of nitrogens with one attached hydrogen (secondary N) is 2. The third-order valence-corrected chi connectivity index (χ3v) is 6.97. The number of hydrogen-bond acceptors (Lipinski definition) is 6. The largest absolute Gasteiger partial charge is 0.497 e. The van der Waals surface area contributed by atoms with E-state index < -0.39 is 27.3 Å². The fourth-order valence-corrected chi connectivity index (χ4v) is 5.20. The zero-order chi connectivity index (χ0) is 27.2. The monoisotopic (exact) mass is 564 g/mol. The first kappa shape index (κ1) is 30.6. The Hall–Kier alpha value is -3.67. The van der Waals surface area contributed by atoms with E-state index >= 15 is 4.39 Å². The average Bonchev–Trinajstić information content (AvgIpc) is 2.84. The second-order valence-corrected chi connectivity index (χ2v) is 10.0. The second-order valence-electron chi connectivity index (χ2n) is 8.28.